The van der Waals surface area contributed by atoms with Crippen LogP contribution in [0.5, 0.6) is 0 Å². The van der Waals surface area contributed by atoms with Gasteiger partial charge < -0.3 is 10.6 Å². The van der Waals surface area contributed by atoms with Crippen LogP contribution in [0.25, 0.3) is 0 Å². The zero-order chi connectivity index (χ0) is 10.7. The molecule has 15 heavy (non-hydrogen) atoms. The summed E-state index contributed by atoms with van der Waals surface area (Å²) in [5, 5.41) is 0. The third-order valence-electron chi connectivity index (χ3n) is 3.20. The summed E-state index contributed by atoms with van der Waals surface area (Å²) >= 11 is 0. The molecule has 0 radical (unpaired) electrons. The van der Waals surface area contributed by atoms with Gasteiger partial charge >= 0.3 is 0 Å². The van der Waals surface area contributed by atoms with E-state index in [1.807, 2.05) is 12.4 Å². The van der Waals surface area contributed by atoms with E-state index < -0.39 is 0 Å². The first-order chi connectivity index (χ1) is 7.24. The van der Waals surface area contributed by atoms with Crippen LogP contribution in [-0.2, 0) is 6.54 Å². The Morgan fingerprint density at radius 2 is 2.07 bits per heavy atom. The predicted octanol–water partition coefficient (Wildman–Crippen LogP) is 1.25. The Hall–Kier alpha value is -0.930. The number of hydrogen-bond acceptors (Lipinski definition) is 3. The minimum atomic E-state index is 0.432. The van der Waals surface area contributed by atoms with Gasteiger partial charge in [0.05, 0.1) is 0 Å². The van der Waals surface area contributed by atoms with Gasteiger partial charge in [-0.2, -0.15) is 0 Å². The molecule has 3 heteroatoms. The second-order valence-electron chi connectivity index (χ2n) is 4.73. The average molecular weight is 205 g/mol. The number of hydrogen-bond donors (Lipinski definition) is 1. The monoisotopic (exact) mass is 205 g/mol. The molecular formula is C12H19N3. The Morgan fingerprint density at radius 3 is 2.60 bits per heavy atom. The first kappa shape index (κ1) is 10.6. The van der Waals surface area contributed by atoms with Crippen molar-refractivity contribution in [3.8, 4) is 0 Å². The molecule has 1 aromatic heterocycles. The van der Waals surface area contributed by atoms with Crippen LogP contribution in [-0.4, -0.2) is 30.0 Å². The van der Waals surface area contributed by atoms with Crippen LogP contribution in [0.15, 0.2) is 24.5 Å². The molecule has 1 fully saturated rings. The van der Waals surface area contributed by atoms with Crippen LogP contribution in [0.3, 0.4) is 0 Å². The van der Waals surface area contributed by atoms with Crippen molar-refractivity contribution >= 4 is 0 Å². The van der Waals surface area contributed by atoms with Gasteiger partial charge in [0.1, 0.15) is 0 Å². The molecule has 82 valence electrons. The van der Waals surface area contributed by atoms with E-state index in [0.29, 0.717) is 5.41 Å². The van der Waals surface area contributed by atoms with Gasteiger partial charge in [0.15, 0.2) is 0 Å². The summed E-state index contributed by atoms with van der Waals surface area (Å²) in [5.74, 6) is 0. The summed E-state index contributed by atoms with van der Waals surface area (Å²) in [5.41, 5.74) is 7.53. The summed E-state index contributed by atoms with van der Waals surface area (Å²) < 4.78 is 0. The molecule has 0 unspecified atom stereocenters. The molecule has 1 aliphatic rings. The molecule has 0 aromatic carbocycles. The lowest BCUT2D eigenvalue weighted by Gasteiger charge is -2.22. The first-order valence-corrected chi connectivity index (χ1v) is 5.52. The maximum atomic E-state index is 5.77. The van der Waals surface area contributed by atoms with Gasteiger partial charge in [-0.05, 0) is 49.5 Å². The van der Waals surface area contributed by atoms with E-state index in [1.54, 1.807) is 0 Å². The first-order valence-electron chi connectivity index (χ1n) is 5.52. The van der Waals surface area contributed by atoms with E-state index in [4.69, 9.17) is 5.73 Å². The van der Waals surface area contributed by atoms with Crippen molar-refractivity contribution < 1.29 is 0 Å². The smallest absolute Gasteiger partial charge is 0.0271 e. The Morgan fingerprint density at radius 1 is 1.40 bits per heavy atom. The van der Waals surface area contributed by atoms with E-state index in [1.165, 1.54) is 18.4 Å². The number of nitrogens with zero attached hydrogens (tertiary/aromatic N) is 2. The minimum absolute atomic E-state index is 0.432. The normalized spacial score (nSPS) is 18.1. The third-order valence-corrected chi connectivity index (χ3v) is 3.20. The summed E-state index contributed by atoms with van der Waals surface area (Å²) in [4.78, 5) is 6.37. The Labute approximate surface area is 91.3 Å². The van der Waals surface area contributed by atoms with Crippen LogP contribution < -0.4 is 5.73 Å². The Bertz CT molecular complexity index is 306. The van der Waals surface area contributed by atoms with Crippen LogP contribution in [0, 0.1) is 5.41 Å². The van der Waals surface area contributed by atoms with Crippen LogP contribution >= 0.6 is 0 Å². The third kappa shape index (κ3) is 2.76. The van der Waals surface area contributed by atoms with Crippen LogP contribution in [0.4, 0.5) is 0 Å². The number of nitrogens with two attached hydrogens (primary N) is 1. The lowest BCUT2D eigenvalue weighted by molar-refractivity contribution is 0.259. The number of rotatable bonds is 5. The highest BCUT2D eigenvalue weighted by molar-refractivity contribution is 5.09. The molecule has 1 aromatic rings. The van der Waals surface area contributed by atoms with E-state index in [2.05, 4.69) is 29.1 Å². The fraction of sp³-hybridized carbons (Fsp3) is 0.583. The van der Waals surface area contributed by atoms with Gasteiger partial charge in [0.2, 0.25) is 0 Å². The van der Waals surface area contributed by atoms with Gasteiger partial charge in [0.25, 0.3) is 0 Å². The minimum Gasteiger partial charge on any atom is -0.330 e. The molecule has 1 aliphatic carbocycles. The van der Waals surface area contributed by atoms with Crippen LogP contribution in [0.1, 0.15) is 18.4 Å². The fourth-order valence-electron chi connectivity index (χ4n) is 2.03. The Balaban J connectivity index is 1.85. The van der Waals surface area contributed by atoms with E-state index in [-0.39, 0.29) is 0 Å². The molecule has 0 atom stereocenters. The second-order valence-corrected chi connectivity index (χ2v) is 4.73. The summed E-state index contributed by atoms with van der Waals surface area (Å²) in [6.45, 7) is 2.93. The number of pyridine rings is 1. The highest BCUT2D eigenvalue weighted by Crippen LogP contribution is 2.44. The predicted molar refractivity (Wildman–Crippen MR) is 61.3 cm³/mol. The Kier molecular flexibility index (Phi) is 3.03. The van der Waals surface area contributed by atoms with Crippen molar-refractivity contribution in [3.63, 3.8) is 0 Å². The second kappa shape index (κ2) is 4.29. The zero-order valence-corrected chi connectivity index (χ0v) is 9.32. The van der Waals surface area contributed by atoms with Gasteiger partial charge in [-0.15, -0.1) is 0 Å². The lowest BCUT2D eigenvalue weighted by Crippen LogP contribution is -2.31. The topological polar surface area (TPSA) is 42.2 Å². The van der Waals surface area contributed by atoms with Gasteiger partial charge in [0, 0.05) is 25.5 Å². The molecule has 0 amide bonds. The molecule has 0 saturated heterocycles. The van der Waals surface area contributed by atoms with Gasteiger partial charge in [-0.1, -0.05) is 0 Å². The van der Waals surface area contributed by atoms with Crippen LogP contribution in [0.2, 0.25) is 0 Å². The SMILES string of the molecule is CN(Cc1ccncc1)CC1(CN)CC1. The van der Waals surface area contributed by atoms with Crippen molar-refractivity contribution in [2.24, 2.45) is 11.1 Å². The highest BCUT2D eigenvalue weighted by atomic mass is 15.1. The maximum Gasteiger partial charge on any atom is 0.0271 e. The van der Waals surface area contributed by atoms with Crippen molar-refractivity contribution in [2.75, 3.05) is 20.1 Å². The molecular weight excluding hydrogens is 186 g/mol. The summed E-state index contributed by atoms with van der Waals surface area (Å²) in [6.07, 6.45) is 6.28. The molecule has 3 nitrogen and oxygen atoms in total. The van der Waals surface area contributed by atoms with E-state index >= 15 is 0 Å². The molecule has 1 heterocycles. The van der Waals surface area contributed by atoms with Crippen molar-refractivity contribution in [1.29, 1.82) is 0 Å². The fourth-order valence-corrected chi connectivity index (χ4v) is 2.03. The molecule has 0 aliphatic heterocycles. The quantitative estimate of drug-likeness (QED) is 0.786. The molecule has 2 N–H and O–H groups in total. The lowest BCUT2D eigenvalue weighted by atomic mass is 10.1. The standard InChI is InChI=1S/C12H19N3/c1-15(10-12(9-13)4-5-12)8-11-2-6-14-7-3-11/h2-3,6-7H,4-5,8-10,13H2,1H3. The van der Waals surface area contributed by atoms with Crippen molar-refractivity contribution in [1.82, 2.24) is 9.88 Å². The zero-order valence-electron chi connectivity index (χ0n) is 9.32. The summed E-state index contributed by atoms with van der Waals surface area (Å²) in [7, 11) is 2.16. The van der Waals surface area contributed by atoms with Gasteiger partial charge in [-0.25, -0.2) is 0 Å². The highest BCUT2D eigenvalue weighted by Gasteiger charge is 2.41. The van der Waals surface area contributed by atoms with E-state index in [0.717, 1.165) is 19.6 Å². The number of aromatic nitrogens is 1. The molecule has 1 saturated carbocycles. The van der Waals surface area contributed by atoms with Gasteiger partial charge in [-0.3, -0.25) is 4.98 Å². The molecule has 0 bridgehead atoms. The van der Waals surface area contributed by atoms with Crippen molar-refractivity contribution in [2.45, 2.75) is 19.4 Å². The maximum absolute atomic E-state index is 5.77. The van der Waals surface area contributed by atoms with E-state index in [9.17, 15) is 0 Å². The van der Waals surface area contributed by atoms with Crippen molar-refractivity contribution in [3.05, 3.63) is 30.1 Å². The average Bonchev–Trinajstić information content (AvgIpc) is 3.00. The molecule has 0 spiro atoms. The summed E-state index contributed by atoms with van der Waals surface area (Å²) in [6, 6.07) is 4.14. The molecule has 2 rings (SSSR count). The largest absolute Gasteiger partial charge is 0.330 e.